The number of carbonyl (C=O) groups is 2. The van der Waals surface area contributed by atoms with Gasteiger partial charge in [-0.05, 0) is 55.0 Å². The number of halogens is 2. The number of benzene rings is 2. The van der Waals surface area contributed by atoms with E-state index in [1.165, 1.54) is 0 Å². The normalized spacial score (nSPS) is 10.3. The van der Waals surface area contributed by atoms with Crippen molar-refractivity contribution in [3.8, 4) is 5.75 Å². The highest BCUT2D eigenvalue weighted by atomic mass is 35.5. The maximum absolute atomic E-state index is 11.8. The Bertz CT molecular complexity index is 768. The molecule has 0 unspecified atom stereocenters. The van der Waals surface area contributed by atoms with Crippen LogP contribution in [0.1, 0.15) is 5.56 Å². The molecule has 0 saturated heterocycles. The molecular weight excluding hydrogens is 397 g/mol. The average molecular weight is 414 g/mol. The minimum absolute atomic E-state index is 0.112. The molecule has 0 aliphatic rings. The summed E-state index contributed by atoms with van der Waals surface area (Å²) in [4.78, 5) is 23.4. The number of hydrogen-bond acceptors (Lipinski definition) is 5. The molecule has 0 aliphatic carbocycles. The zero-order valence-corrected chi connectivity index (χ0v) is 16.3. The van der Waals surface area contributed by atoms with Crippen molar-refractivity contribution in [2.75, 3.05) is 24.3 Å². The highest BCUT2D eigenvalue weighted by molar-refractivity contribution is 8.13. The predicted molar refractivity (Wildman–Crippen MR) is 106 cm³/mol. The molecule has 0 fully saturated rings. The molecule has 0 atom stereocenters. The Morgan fingerprint density at radius 1 is 1.12 bits per heavy atom. The third-order valence-electron chi connectivity index (χ3n) is 3.15. The molecule has 0 bridgehead atoms. The van der Waals surface area contributed by atoms with E-state index < -0.39 is 5.97 Å². The van der Waals surface area contributed by atoms with Gasteiger partial charge in [-0.15, -0.1) is 0 Å². The van der Waals surface area contributed by atoms with Gasteiger partial charge in [-0.1, -0.05) is 35.0 Å². The van der Waals surface area contributed by atoms with Crippen LogP contribution >= 0.6 is 35.0 Å². The van der Waals surface area contributed by atoms with Crippen LogP contribution in [0.4, 0.5) is 10.5 Å². The Balaban J connectivity index is 1.61. The maximum Gasteiger partial charge on any atom is 0.344 e. The van der Waals surface area contributed by atoms with Crippen molar-refractivity contribution >= 4 is 51.9 Å². The number of hydrogen-bond donors (Lipinski definition) is 1. The van der Waals surface area contributed by atoms with Crippen LogP contribution in [-0.2, 0) is 9.53 Å². The average Bonchev–Trinajstić information content (AvgIpc) is 2.61. The molecule has 0 aromatic heterocycles. The van der Waals surface area contributed by atoms with Gasteiger partial charge < -0.3 is 14.8 Å². The van der Waals surface area contributed by atoms with Crippen molar-refractivity contribution in [1.82, 2.24) is 0 Å². The van der Waals surface area contributed by atoms with Crippen LogP contribution in [0.25, 0.3) is 0 Å². The second kappa shape index (κ2) is 10.3. The molecule has 0 saturated carbocycles. The third kappa shape index (κ3) is 7.15. The minimum atomic E-state index is -0.505. The third-order valence-corrected chi connectivity index (χ3v) is 4.57. The fourth-order valence-corrected chi connectivity index (χ4v) is 2.67. The summed E-state index contributed by atoms with van der Waals surface area (Å²) < 4.78 is 10.3. The van der Waals surface area contributed by atoms with Crippen LogP contribution in [0, 0.1) is 6.92 Å². The van der Waals surface area contributed by atoms with E-state index >= 15 is 0 Å². The summed E-state index contributed by atoms with van der Waals surface area (Å²) in [7, 11) is 0. The smallest absolute Gasteiger partial charge is 0.344 e. The van der Waals surface area contributed by atoms with Crippen LogP contribution in [0.15, 0.2) is 42.5 Å². The van der Waals surface area contributed by atoms with Gasteiger partial charge >= 0.3 is 5.97 Å². The Hall–Kier alpha value is -1.89. The molecule has 1 amide bonds. The van der Waals surface area contributed by atoms with E-state index in [0.717, 1.165) is 17.3 Å². The molecule has 2 aromatic rings. The SMILES string of the molecule is Cc1cc(NC(=O)SCCOC(=O)COc2ccc(Cl)cc2)ccc1Cl. The molecule has 5 nitrogen and oxygen atoms in total. The summed E-state index contributed by atoms with van der Waals surface area (Å²) >= 11 is 12.7. The van der Waals surface area contributed by atoms with E-state index in [-0.39, 0.29) is 18.5 Å². The first-order valence-electron chi connectivity index (χ1n) is 7.68. The summed E-state index contributed by atoms with van der Waals surface area (Å²) in [5, 5.41) is 3.73. The first-order chi connectivity index (χ1) is 12.4. The Labute approximate surface area is 166 Å². The highest BCUT2D eigenvalue weighted by Crippen LogP contribution is 2.20. The largest absolute Gasteiger partial charge is 0.482 e. The maximum atomic E-state index is 11.8. The summed E-state index contributed by atoms with van der Waals surface area (Å²) in [6.45, 7) is 1.76. The van der Waals surface area contributed by atoms with Crippen LogP contribution in [0.2, 0.25) is 10.0 Å². The molecule has 1 N–H and O–H groups in total. The number of anilines is 1. The quantitative estimate of drug-likeness (QED) is 0.499. The molecule has 0 aliphatic heterocycles. The summed E-state index contributed by atoms with van der Waals surface area (Å²) in [6.07, 6.45) is 0. The zero-order valence-electron chi connectivity index (χ0n) is 14.0. The highest BCUT2D eigenvalue weighted by Gasteiger charge is 2.07. The first-order valence-corrected chi connectivity index (χ1v) is 9.42. The topological polar surface area (TPSA) is 64.6 Å². The van der Waals surface area contributed by atoms with Crippen LogP contribution in [0.3, 0.4) is 0 Å². The van der Waals surface area contributed by atoms with Gasteiger partial charge in [0.1, 0.15) is 12.4 Å². The number of carbonyl (C=O) groups excluding carboxylic acids is 2. The van der Waals surface area contributed by atoms with E-state index in [4.69, 9.17) is 32.7 Å². The lowest BCUT2D eigenvalue weighted by molar-refractivity contribution is -0.145. The Morgan fingerprint density at radius 3 is 2.54 bits per heavy atom. The fourth-order valence-electron chi connectivity index (χ4n) is 1.88. The summed E-state index contributed by atoms with van der Waals surface area (Å²) in [6, 6.07) is 11.9. The van der Waals surface area contributed by atoms with Gasteiger partial charge in [-0.2, -0.15) is 0 Å². The van der Waals surface area contributed by atoms with Crippen molar-refractivity contribution < 1.29 is 19.1 Å². The molecule has 0 spiro atoms. The second-order valence-corrected chi connectivity index (χ2v) is 7.10. The van der Waals surface area contributed by atoms with Gasteiger partial charge in [-0.3, -0.25) is 4.79 Å². The molecule has 2 rings (SSSR count). The lowest BCUT2D eigenvalue weighted by atomic mass is 10.2. The number of rotatable bonds is 7. The van der Waals surface area contributed by atoms with Crippen molar-refractivity contribution in [3.63, 3.8) is 0 Å². The van der Waals surface area contributed by atoms with Gasteiger partial charge in [0.05, 0.1) is 0 Å². The van der Waals surface area contributed by atoms with Crippen molar-refractivity contribution in [1.29, 1.82) is 0 Å². The van der Waals surface area contributed by atoms with Crippen LogP contribution in [-0.4, -0.2) is 30.2 Å². The number of nitrogens with one attached hydrogen (secondary N) is 1. The Morgan fingerprint density at radius 2 is 1.85 bits per heavy atom. The van der Waals surface area contributed by atoms with Crippen molar-refractivity contribution in [2.24, 2.45) is 0 Å². The predicted octanol–water partition coefficient (Wildman–Crippen LogP) is 5.19. The molecule has 2 aromatic carbocycles. The number of thioether (sulfide) groups is 1. The van der Waals surface area contributed by atoms with E-state index in [2.05, 4.69) is 5.32 Å². The molecule has 8 heteroatoms. The minimum Gasteiger partial charge on any atom is -0.482 e. The van der Waals surface area contributed by atoms with E-state index in [1.54, 1.807) is 42.5 Å². The number of ether oxygens (including phenoxy) is 2. The molecular formula is C18H17Cl2NO4S. The standard InChI is InChI=1S/C18H17Cl2NO4S/c1-12-10-14(4-7-16(12)20)21-18(23)26-9-8-24-17(22)11-25-15-5-2-13(19)3-6-15/h2-7,10H,8-9,11H2,1H3,(H,21,23). The molecule has 0 heterocycles. The van der Waals surface area contributed by atoms with Gasteiger partial charge in [0.25, 0.3) is 5.24 Å². The number of aryl methyl sites for hydroxylation is 1. The van der Waals surface area contributed by atoms with Crippen LogP contribution in [0.5, 0.6) is 5.75 Å². The lowest BCUT2D eigenvalue weighted by Gasteiger charge is -2.08. The van der Waals surface area contributed by atoms with Gasteiger partial charge in [0.2, 0.25) is 0 Å². The first kappa shape index (κ1) is 20.4. The number of esters is 1. The van der Waals surface area contributed by atoms with E-state index in [1.807, 2.05) is 6.92 Å². The van der Waals surface area contributed by atoms with Crippen molar-refractivity contribution in [2.45, 2.75) is 6.92 Å². The molecule has 0 radical (unpaired) electrons. The molecule has 138 valence electrons. The monoisotopic (exact) mass is 413 g/mol. The van der Waals surface area contributed by atoms with Crippen LogP contribution < -0.4 is 10.1 Å². The Kier molecular flexibility index (Phi) is 8.09. The summed E-state index contributed by atoms with van der Waals surface area (Å²) in [5.74, 6) is 0.359. The lowest BCUT2D eigenvalue weighted by Crippen LogP contribution is -2.17. The van der Waals surface area contributed by atoms with E-state index in [0.29, 0.717) is 27.2 Å². The fraction of sp³-hybridized carbons (Fsp3) is 0.222. The van der Waals surface area contributed by atoms with E-state index in [9.17, 15) is 9.59 Å². The second-order valence-electron chi connectivity index (χ2n) is 5.19. The van der Waals surface area contributed by atoms with Gasteiger partial charge in [0, 0.05) is 21.5 Å². The van der Waals surface area contributed by atoms with Gasteiger partial charge in [0.15, 0.2) is 6.61 Å². The zero-order chi connectivity index (χ0) is 18.9. The summed E-state index contributed by atoms with van der Waals surface area (Å²) in [5.41, 5.74) is 1.54. The van der Waals surface area contributed by atoms with Crippen molar-refractivity contribution in [3.05, 3.63) is 58.1 Å². The number of amides is 1. The van der Waals surface area contributed by atoms with Gasteiger partial charge in [-0.25, -0.2) is 4.79 Å². The molecule has 26 heavy (non-hydrogen) atoms.